The Labute approximate surface area is 180 Å². The lowest BCUT2D eigenvalue weighted by Gasteiger charge is -2.19. The van der Waals surface area contributed by atoms with E-state index in [0.717, 1.165) is 44.9 Å². The molecule has 0 atom stereocenters. The Bertz CT molecular complexity index is 627. The van der Waals surface area contributed by atoms with Crippen LogP contribution in [0.2, 0.25) is 0 Å². The molecule has 0 saturated heterocycles. The van der Waals surface area contributed by atoms with Crippen molar-refractivity contribution < 1.29 is 19.0 Å². The molecule has 170 valence electrons. The molecule has 0 heterocycles. The number of hydrogen-bond acceptors (Lipinski definition) is 5. The second kappa shape index (κ2) is 14.6. The highest BCUT2D eigenvalue weighted by Gasteiger charge is 2.16. The maximum atomic E-state index is 11.8. The molecule has 1 amide bonds. The lowest BCUT2D eigenvalue weighted by atomic mass is 10.1. The molecule has 0 aromatic heterocycles. The van der Waals surface area contributed by atoms with Crippen LogP contribution in [0, 0.1) is 0 Å². The van der Waals surface area contributed by atoms with Gasteiger partial charge in [-0.2, -0.15) is 0 Å². The SMILES string of the molecule is CN=C(NCCCCOCCOC)NCCc1ccc(NC(=O)OC(C)(C)C)cc1. The van der Waals surface area contributed by atoms with Crippen LogP contribution in [0.3, 0.4) is 0 Å². The molecular formula is C22H38N4O4. The third kappa shape index (κ3) is 13.0. The highest BCUT2D eigenvalue weighted by atomic mass is 16.6. The number of methoxy groups -OCH3 is 1. The van der Waals surface area contributed by atoms with Crippen LogP contribution in [-0.4, -0.2) is 64.7 Å². The van der Waals surface area contributed by atoms with Crippen LogP contribution in [0.1, 0.15) is 39.2 Å². The molecule has 8 heteroatoms. The lowest BCUT2D eigenvalue weighted by Crippen LogP contribution is -2.38. The molecule has 0 aliphatic heterocycles. The van der Waals surface area contributed by atoms with E-state index in [4.69, 9.17) is 14.2 Å². The third-order valence-corrected chi connectivity index (χ3v) is 3.97. The molecular weight excluding hydrogens is 384 g/mol. The summed E-state index contributed by atoms with van der Waals surface area (Å²) in [6.07, 6.45) is 2.41. The van der Waals surface area contributed by atoms with Crippen molar-refractivity contribution in [3.8, 4) is 0 Å². The van der Waals surface area contributed by atoms with E-state index < -0.39 is 11.7 Å². The number of anilines is 1. The summed E-state index contributed by atoms with van der Waals surface area (Å²) < 4.78 is 15.6. The van der Waals surface area contributed by atoms with Gasteiger partial charge in [0.25, 0.3) is 0 Å². The maximum Gasteiger partial charge on any atom is 0.412 e. The molecule has 1 rings (SSSR count). The lowest BCUT2D eigenvalue weighted by molar-refractivity contribution is 0.0636. The third-order valence-electron chi connectivity index (χ3n) is 3.97. The Morgan fingerprint density at radius 2 is 1.70 bits per heavy atom. The number of guanidine groups is 1. The van der Waals surface area contributed by atoms with Crippen molar-refractivity contribution in [1.82, 2.24) is 10.6 Å². The second-order valence-electron chi connectivity index (χ2n) is 7.81. The van der Waals surface area contributed by atoms with Gasteiger partial charge in [-0.1, -0.05) is 12.1 Å². The van der Waals surface area contributed by atoms with Crippen molar-refractivity contribution in [2.75, 3.05) is 52.4 Å². The minimum atomic E-state index is -0.514. The molecule has 8 nitrogen and oxygen atoms in total. The Morgan fingerprint density at radius 3 is 2.33 bits per heavy atom. The molecule has 0 fully saturated rings. The quantitative estimate of drug-likeness (QED) is 0.272. The smallest absolute Gasteiger partial charge is 0.412 e. The van der Waals surface area contributed by atoms with Crippen LogP contribution in [0.15, 0.2) is 29.3 Å². The fraction of sp³-hybridized carbons (Fsp3) is 0.636. The second-order valence-corrected chi connectivity index (χ2v) is 7.81. The van der Waals surface area contributed by atoms with Crippen molar-refractivity contribution in [2.24, 2.45) is 4.99 Å². The summed E-state index contributed by atoms with van der Waals surface area (Å²) in [6, 6.07) is 7.74. The van der Waals surface area contributed by atoms with Crippen molar-refractivity contribution >= 4 is 17.7 Å². The van der Waals surface area contributed by atoms with Gasteiger partial charge in [-0.3, -0.25) is 10.3 Å². The van der Waals surface area contributed by atoms with E-state index >= 15 is 0 Å². The molecule has 1 aromatic rings. The van der Waals surface area contributed by atoms with Crippen LogP contribution in [0.25, 0.3) is 0 Å². The highest BCUT2D eigenvalue weighted by Crippen LogP contribution is 2.13. The summed E-state index contributed by atoms with van der Waals surface area (Å²) in [5, 5.41) is 9.35. The Kier molecular flexibility index (Phi) is 12.5. The number of carbonyl (C=O) groups is 1. The summed E-state index contributed by atoms with van der Waals surface area (Å²) in [4.78, 5) is 16.0. The van der Waals surface area contributed by atoms with Crippen LogP contribution in [0.4, 0.5) is 10.5 Å². The van der Waals surface area contributed by atoms with Gasteiger partial charge in [0, 0.05) is 39.5 Å². The minimum absolute atomic E-state index is 0.451. The van der Waals surface area contributed by atoms with Crippen LogP contribution in [-0.2, 0) is 20.6 Å². The first kappa shape index (κ1) is 25.7. The first-order valence-electron chi connectivity index (χ1n) is 10.4. The zero-order valence-electron chi connectivity index (χ0n) is 19.0. The largest absolute Gasteiger partial charge is 0.444 e. The minimum Gasteiger partial charge on any atom is -0.444 e. The van der Waals surface area contributed by atoms with E-state index in [1.165, 1.54) is 5.56 Å². The topological polar surface area (TPSA) is 93.2 Å². The molecule has 0 unspecified atom stereocenters. The van der Waals surface area contributed by atoms with Gasteiger partial charge in [0.15, 0.2) is 5.96 Å². The van der Waals surface area contributed by atoms with Crippen LogP contribution >= 0.6 is 0 Å². The molecule has 0 radical (unpaired) electrons. The number of amides is 1. The molecule has 1 aromatic carbocycles. The molecule has 0 bridgehead atoms. The maximum absolute atomic E-state index is 11.8. The number of nitrogens with one attached hydrogen (secondary N) is 3. The summed E-state index contributed by atoms with van der Waals surface area (Å²) in [6.45, 7) is 9.15. The molecule has 0 aliphatic rings. The monoisotopic (exact) mass is 422 g/mol. The summed E-state index contributed by atoms with van der Waals surface area (Å²) in [5.74, 6) is 0.790. The van der Waals surface area contributed by atoms with Gasteiger partial charge < -0.3 is 24.8 Å². The zero-order chi connectivity index (χ0) is 22.2. The number of benzene rings is 1. The number of nitrogens with zero attached hydrogens (tertiary/aromatic N) is 1. The van der Waals surface area contributed by atoms with E-state index in [9.17, 15) is 4.79 Å². The Morgan fingerprint density at radius 1 is 1.00 bits per heavy atom. The van der Waals surface area contributed by atoms with E-state index in [-0.39, 0.29) is 0 Å². The van der Waals surface area contributed by atoms with Crippen molar-refractivity contribution in [1.29, 1.82) is 0 Å². The van der Waals surface area contributed by atoms with Crippen molar-refractivity contribution in [2.45, 2.75) is 45.6 Å². The normalized spacial score (nSPS) is 11.8. The van der Waals surface area contributed by atoms with Gasteiger partial charge in [-0.15, -0.1) is 0 Å². The van der Waals surface area contributed by atoms with E-state index in [1.807, 2.05) is 45.0 Å². The van der Waals surface area contributed by atoms with Crippen LogP contribution in [0.5, 0.6) is 0 Å². The van der Waals surface area contributed by atoms with Gasteiger partial charge in [-0.05, 0) is 57.7 Å². The molecule has 0 spiro atoms. The van der Waals surface area contributed by atoms with Gasteiger partial charge >= 0.3 is 6.09 Å². The Balaban J connectivity index is 2.21. The van der Waals surface area contributed by atoms with E-state index in [0.29, 0.717) is 18.9 Å². The van der Waals surface area contributed by atoms with Crippen LogP contribution < -0.4 is 16.0 Å². The predicted molar refractivity (Wildman–Crippen MR) is 121 cm³/mol. The average molecular weight is 423 g/mol. The molecule has 0 saturated carbocycles. The fourth-order valence-corrected chi connectivity index (χ4v) is 2.50. The summed E-state index contributed by atoms with van der Waals surface area (Å²) >= 11 is 0. The number of hydrogen-bond donors (Lipinski definition) is 3. The summed E-state index contributed by atoms with van der Waals surface area (Å²) in [5.41, 5.74) is 1.37. The highest BCUT2D eigenvalue weighted by molar-refractivity contribution is 5.84. The first-order valence-corrected chi connectivity index (χ1v) is 10.4. The number of ether oxygens (including phenoxy) is 3. The molecule has 30 heavy (non-hydrogen) atoms. The predicted octanol–water partition coefficient (Wildman–Crippen LogP) is 3.18. The average Bonchev–Trinajstić information content (AvgIpc) is 2.68. The fourth-order valence-electron chi connectivity index (χ4n) is 2.50. The molecule has 0 aliphatic carbocycles. The number of unbranched alkanes of at least 4 members (excludes halogenated alkanes) is 1. The summed E-state index contributed by atoms with van der Waals surface area (Å²) in [7, 11) is 3.44. The van der Waals surface area contributed by atoms with Gasteiger partial charge in [0.1, 0.15) is 5.60 Å². The molecule has 3 N–H and O–H groups in total. The van der Waals surface area contributed by atoms with Gasteiger partial charge in [0.2, 0.25) is 0 Å². The number of carbonyl (C=O) groups excluding carboxylic acids is 1. The van der Waals surface area contributed by atoms with E-state index in [2.05, 4.69) is 20.9 Å². The number of rotatable bonds is 12. The van der Waals surface area contributed by atoms with E-state index in [1.54, 1.807) is 14.2 Å². The standard InChI is InChI=1S/C22H38N4O4/c1-22(2,3)30-21(27)26-19-10-8-18(9-11-19)12-14-25-20(23-4)24-13-6-7-15-29-17-16-28-5/h8-11H,6-7,12-17H2,1-5H3,(H,26,27)(H2,23,24,25). The first-order chi connectivity index (χ1) is 14.3. The van der Waals surface area contributed by atoms with Gasteiger partial charge in [0.05, 0.1) is 13.2 Å². The van der Waals surface area contributed by atoms with Crippen molar-refractivity contribution in [3.05, 3.63) is 29.8 Å². The Hall–Kier alpha value is -2.32. The zero-order valence-corrected chi connectivity index (χ0v) is 19.0. The van der Waals surface area contributed by atoms with Gasteiger partial charge in [-0.25, -0.2) is 4.79 Å². The number of aliphatic imine (C=N–C) groups is 1. The van der Waals surface area contributed by atoms with Crippen molar-refractivity contribution in [3.63, 3.8) is 0 Å².